The Morgan fingerprint density at radius 1 is 1.75 bits per heavy atom. The number of alkyl halides is 1. The largest absolute Gasteiger partial charge is 0.207 e. The normalized spacial score (nSPS) is 11.9. The van der Waals surface area contributed by atoms with Crippen molar-refractivity contribution in [1.82, 2.24) is 0 Å². The smallest absolute Gasteiger partial charge is 0.203 e. The summed E-state index contributed by atoms with van der Waals surface area (Å²) in [7, 11) is 0. The van der Waals surface area contributed by atoms with Crippen molar-refractivity contribution in [3.63, 3.8) is 0 Å². The number of hydrogen-bond donors (Lipinski definition) is 0. The highest BCUT2D eigenvalue weighted by Crippen LogP contribution is 1.92. The van der Waals surface area contributed by atoms with Gasteiger partial charge in [-0.15, -0.1) is 0 Å². The van der Waals surface area contributed by atoms with Gasteiger partial charge in [0, 0.05) is 6.42 Å². The summed E-state index contributed by atoms with van der Waals surface area (Å²) in [4.78, 5) is 0. The molecule has 0 saturated heterocycles. The van der Waals surface area contributed by atoms with E-state index >= 15 is 0 Å². The van der Waals surface area contributed by atoms with Gasteiger partial charge in [0.2, 0.25) is 4.11 Å². The van der Waals surface area contributed by atoms with E-state index in [9.17, 15) is 5.11 Å². The molecule has 45 valence electrons. The maximum Gasteiger partial charge on any atom is 0.203 e. The molecule has 0 aliphatic carbocycles. The van der Waals surface area contributed by atoms with Gasteiger partial charge >= 0.3 is 0 Å². The van der Waals surface area contributed by atoms with Crippen molar-refractivity contribution in [3.8, 4) is 11.8 Å². The van der Waals surface area contributed by atoms with E-state index in [0.717, 1.165) is 12.8 Å². The Hall–Kier alpha value is 0.250. The standard InChI is InChI=1S/C6H8IO/c1-2-3-4-5-6(7)8/h6H,2-3H2,1H3. The highest BCUT2D eigenvalue weighted by atomic mass is 127. The van der Waals surface area contributed by atoms with Gasteiger partial charge in [0.1, 0.15) is 0 Å². The average Bonchev–Trinajstić information content (AvgIpc) is 1.66. The molecule has 0 bridgehead atoms. The second kappa shape index (κ2) is 5.39. The second-order valence-corrected chi connectivity index (χ2v) is 2.52. The van der Waals surface area contributed by atoms with Crippen molar-refractivity contribution in [2.45, 2.75) is 23.9 Å². The summed E-state index contributed by atoms with van der Waals surface area (Å²) in [5, 5.41) is 10.2. The SMILES string of the molecule is CCCC#CC([O])I. The van der Waals surface area contributed by atoms with Gasteiger partial charge in [0.05, 0.1) is 0 Å². The molecule has 0 aliphatic heterocycles. The van der Waals surface area contributed by atoms with Crippen molar-refractivity contribution in [2.24, 2.45) is 0 Å². The molecule has 2 heteroatoms. The Bertz CT molecular complexity index is 98.8. The maximum atomic E-state index is 10.2. The Morgan fingerprint density at radius 3 is 2.75 bits per heavy atom. The molecule has 0 aromatic carbocycles. The van der Waals surface area contributed by atoms with E-state index in [1.165, 1.54) is 0 Å². The third-order valence-corrected chi connectivity index (χ3v) is 0.902. The van der Waals surface area contributed by atoms with E-state index < -0.39 is 4.11 Å². The third kappa shape index (κ3) is 6.25. The van der Waals surface area contributed by atoms with E-state index in [1.54, 1.807) is 22.6 Å². The first-order valence-corrected chi connectivity index (χ1v) is 3.80. The summed E-state index contributed by atoms with van der Waals surface area (Å²) in [5.74, 6) is 5.29. The summed E-state index contributed by atoms with van der Waals surface area (Å²) < 4.78 is -0.737. The molecule has 0 rings (SSSR count). The van der Waals surface area contributed by atoms with Crippen LogP contribution in [0.15, 0.2) is 0 Å². The van der Waals surface area contributed by atoms with E-state index in [1.807, 2.05) is 6.92 Å². The molecule has 0 aromatic rings. The first-order valence-electron chi connectivity index (χ1n) is 2.55. The summed E-state index contributed by atoms with van der Waals surface area (Å²) in [5.41, 5.74) is 0. The van der Waals surface area contributed by atoms with Crippen LogP contribution in [0.4, 0.5) is 0 Å². The van der Waals surface area contributed by atoms with Crippen LogP contribution in [0.2, 0.25) is 0 Å². The number of unbranched alkanes of at least 4 members (excludes halogenated alkanes) is 1. The van der Waals surface area contributed by atoms with E-state index in [4.69, 9.17) is 0 Å². The van der Waals surface area contributed by atoms with Crippen LogP contribution >= 0.6 is 22.6 Å². The minimum absolute atomic E-state index is 0.737. The molecule has 0 spiro atoms. The molecule has 1 nitrogen and oxygen atoms in total. The highest BCUT2D eigenvalue weighted by Gasteiger charge is 1.85. The van der Waals surface area contributed by atoms with Gasteiger partial charge in [-0.3, -0.25) is 0 Å². The zero-order valence-electron chi connectivity index (χ0n) is 4.78. The van der Waals surface area contributed by atoms with E-state index in [-0.39, 0.29) is 0 Å². The number of halogens is 1. The van der Waals surface area contributed by atoms with Crippen molar-refractivity contribution in [3.05, 3.63) is 0 Å². The lowest BCUT2D eigenvalue weighted by Gasteiger charge is -1.80. The Labute approximate surface area is 63.6 Å². The van der Waals surface area contributed by atoms with Gasteiger partial charge in [-0.25, -0.2) is 5.11 Å². The van der Waals surface area contributed by atoms with Gasteiger partial charge in [0.25, 0.3) is 0 Å². The molecule has 1 radical (unpaired) electrons. The zero-order chi connectivity index (χ0) is 6.41. The Balaban J connectivity index is 3.20. The molecule has 0 aromatic heterocycles. The summed E-state index contributed by atoms with van der Waals surface area (Å²) in [6, 6.07) is 0. The fraction of sp³-hybridized carbons (Fsp3) is 0.667. The summed E-state index contributed by atoms with van der Waals surface area (Å²) >= 11 is 1.75. The molecule has 1 unspecified atom stereocenters. The van der Waals surface area contributed by atoms with Crippen molar-refractivity contribution < 1.29 is 5.11 Å². The van der Waals surface area contributed by atoms with Crippen molar-refractivity contribution in [2.75, 3.05) is 0 Å². The fourth-order valence-corrected chi connectivity index (χ4v) is 0.498. The van der Waals surface area contributed by atoms with E-state index in [0.29, 0.717) is 0 Å². The first-order chi connectivity index (χ1) is 3.77. The van der Waals surface area contributed by atoms with Gasteiger partial charge in [-0.2, -0.15) is 0 Å². The number of hydrogen-bond acceptors (Lipinski definition) is 0. The van der Waals surface area contributed by atoms with Gasteiger partial charge in [-0.1, -0.05) is 18.8 Å². The molecule has 0 amide bonds. The van der Waals surface area contributed by atoms with Crippen LogP contribution in [-0.4, -0.2) is 4.11 Å². The molecule has 0 N–H and O–H groups in total. The van der Waals surface area contributed by atoms with Crippen LogP contribution in [0.5, 0.6) is 0 Å². The van der Waals surface area contributed by atoms with E-state index in [2.05, 4.69) is 11.8 Å². The minimum Gasteiger partial charge on any atom is -0.207 e. The Morgan fingerprint density at radius 2 is 2.38 bits per heavy atom. The predicted octanol–water partition coefficient (Wildman–Crippen LogP) is 1.98. The quantitative estimate of drug-likeness (QED) is 0.368. The lowest BCUT2D eigenvalue weighted by Crippen LogP contribution is -1.82. The molecule has 0 fully saturated rings. The highest BCUT2D eigenvalue weighted by molar-refractivity contribution is 14.1. The van der Waals surface area contributed by atoms with Crippen LogP contribution < -0.4 is 0 Å². The van der Waals surface area contributed by atoms with Crippen LogP contribution in [-0.2, 0) is 5.11 Å². The zero-order valence-corrected chi connectivity index (χ0v) is 6.94. The average molecular weight is 223 g/mol. The molecular formula is C6H8IO. The maximum absolute atomic E-state index is 10.2. The predicted molar refractivity (Wildman–Crippen MR) is 41.2 cm³/mol. The van der Waals surface area contributed by atoms with Crippen LogP contribution in [0.1, 0.15) is 19.8 Å². The summed E-state index contributed by atoms with van der Waals surface area (Å²) in [6.07, 6.45) is 1.89. The van der Waals surface area contributed by atoms with Gasteiger partial charge in [-0.05, 0) is 29.0 Å². The molecule has 1 atom stereocenters. The second-order valence-electron chi connectivity index (χ2n) is 1.39. The van der Waals surface area contributed by atoms with Gasteiger partial charge < -0.3 is 0 Å². The van der Waals surface area contributed by atoms with Crippen LogP contribution in [0.25, 0.3) is 0 Å². The third-order valence-electron chi connectivity index (χ3n) is 0.591. The molecule has 8 heavy (non-hydrogen) atoms. The first kappa shape index (κ1) is 8.25. The lowest BCUT2D eigenvalue weighted by molar-refractivity contribution is 0.223. The van der Waals surface area contributed by atoms with Crippen LogP contribution in [0.3, 0.4) is 0 Å². The van der Waals surface area contributed by atoms with Gasteiger partial charge in [0.15, 0.2) is 0 Å². The molecule has 0 saturated carbocycles. The fourth-order valence-electron chi connectivity index (χ4n) is 0.277. The Kier molecular flexibility index (Phi) is 5.56. The summed E-state index contributed by atoms with van der Waals surface area (Å²) in [6.45, 7) is 2.04. The molecule has 0 aliphatic rings. The minimum atomic E-state index is -0.737. The monoisotopic (exact) mass is 223 g/mol. The lowest BCUT2D eigenvalue weighted by atomic mass is 10.3. The molecule has 0 heterocycles. The van der Waals surface area contributed by atoms with Crippen LogP contribution in [0, 0.1) is 11.8 Å². The molecular weight excluding hydrogens is 215 g/mol. The van der Waals surface area contributed by atoms with Crippen molar-refractivity contribution >= 4 is 22.6 Å². The topological polar surface area (TPSA) is 19.9 Å². The number of rotatable bonds is 1. The van der Waals surface area contributed by atoms with Crippen molar-refractivity contribution in [1.29, 1.82) is 0 Å².